The van der Waals surface area contributed by atoms with Crippen molar-refractivity contribution in [2.75, 3.05) is 17.2 Å². The fourth-order valence-electron chi connectivity index (χ4n) is 4.07. The van der Waals surface area contributed by atoms with Gasteiger partial charge in [0.25, 0.3) is 15.9 Å². The first-order valence-electron chi connectivity index (χ1n) is 11.6. The molecule has 1 aromatic carbocycles. The Morgan fingerprint density at radius 1 is 1.16 bits per heavy atom. The summed E-state index contributed by atoms with van der Waals surface area (Å²) in [6.45, 7) is 1.83. The van der Waals surface area contributed by atoms with Gasteiger partial charge in [0.15, 0.2) is 16.5 Å². The molecule has 0 radical (unpaired) electrons. The largest absolute Gasteiger partial charge is 0.355 e. The number of amides is 1. The van der Waals surface area contributed by atoms with Crippen molar-refractivity contribution in [1.82, 2.24) is 24.2 Å². The van der Waals surface area contributed by atoms with Gasteiger partial charge in [-0.25, -0.2) is 22.8 Å². The summed E-state index contributed by atoms with van der Waals surface area (Å²) in [6.07, 6.45) is 3.88. The third-order valence-corrected chi connectivity index (χ3v) is 7.69. The number of carbonyl (C=O) groups is 2. The molecule has 5 rings (SSSR count). The molecular weight excluding hydrogens is 513 g/mol. The summed E-state index contributed by atoms with van der Waals surface area (Å²) in [5.74, 6) is -1.14. The Bertz CT molecular complexity index is 1610. The molecule has 13 heteroatoms. The summed E-state index contributed by atoms with van der Waals surface area (Å²) in [4.78, 5) is 39.2. The number of anilines is 3. The van der Waals surface area contributed by atoms with E-state index in [9.17, 15) is 22.4 Å². The molecular formula is C25H24FN7O4S. The normalized spacial score (nSPS) is 14.2. The first-order chi connectivity index (χ1) is 18.0. The molecule has 0 saturated heterocycles. The first kappa shape index (κ1) is 25.3. The average molecular weight is 538 g/mol. The van der Waals surface area contributed by atoms with Crippen LogP contribution >= 0.6 is 0 Å². The fraction of sp³-hybridized carbons (Fsp3) is 0.200. The summed E-state index contributed by atoms with van der Waals surface area (Å²) in [6, 6.07) is 12.4. The number of halogens is 1. The lowest BCUT2D eigenvalue weighted by Crippen LogP contribution is -2.39. The van der Waals surface area contributed by atoms with Crippen molar-refractivity contribution in [1.29, 1.82) is 0 Å². The number of hydrogen-bond acceptors (Lipinski definition) is 7. The second-order valence-corrected chi connectivity index (χ2v) is 11.1. The van der Waals surface area contributed by atoms with Gasteiger partial charge >= 0.3 is 0 Å². The van der Waals surface area contributed by atoms with Crippen molar-refractivity contribution in [2.24, 2.45) is 0 Å². The number of fused-ring (bicyclic) bond motifs is 1. The molecule has 0 aliphatic carbocycles. The van der Waals surface area contributed by atoms with Crippen LogP contribution in [0.25, 0.3) is 11.3 Å². The molecule has 38 heavy (non-hydrogen) atoms. The van der Waals surface area contributed by atoms with Crippen molar-refractivity contribution in [3.05, 3.63) is 72.4 Å². The van der Waals surface area contributed by atoms with Crippen LogP contribution in [0.5, 0.6) is 0 Å². The van der Waals surface area contributed by atoms with E-state index in [1.165, 1.54) is 18.7 Å². The van der Waals surface area contributed by atoms with E-state index in [-0.39, 0.29) is 23.9 Å². The predicted octanol–water partition coefficient (Wildman–Crippen LogP) is 3.62. The molecule has 4 heterocycles. The molecule has 0 fully saturated rings. The zero-order valence-electron chi connectivity index (χ0n) is 20.4. The Morgan fingerprint density at radius 2 is 1.92 bits per heavy atom. The highest BCUT2D eigenvalue weighted by atomic mass is 32.2. The Hall–Kier alpha value is -4.36. The number of pyridine rings is 1. The van der Waals surface area contributed by atoms with Crippen LogP contribution in [0.3, 0.4) is 0 Å². The molecule has 0 saturated carbocycles. The highest BCUT2D eigenvalue weighted by molar-refractivity contribution is 7.89. The number of hydrogen-bond donors (Lipinski definition) is 4. The van der Waals surface area contributed by atoms with E-state index < -0.39 is 27.4 Å². The van der Waals surface area contributed by atoms with Crippen molar-refractivity contribution < 1.29 is 22.4 Å². The van der Waals surface area contributed by atoms with Gasteiger partial charge in [-0.2, -0.15) is 4.31 Å². The number of ketones is 1. The summed E-state index contributed by atoms with van der Waals surface area (Å²) < 4.78 is 41.3. The molecule has 3 aromatic heterocycles. The number of alkyl halides is 1. The molecule has 0 bridgehead atoms. The zero-order chi connectivity index (χ0) is 27.1. The molecule has 196 valence electrons. The zero-order valence-corrected chi connectivity index (χ0v) is 21.3. The van der Waals surface area contributed by atoms with Crippen molar-refractivity contribution >= 4 is 38.9 Å². The minimum absolute atomic E-state index is 0.0867. The molecule has 1 aliphatic rings. The second kappa shape index (κ2) is 9.50. The maximum absolute atomic E-state index is 14.1. The molecule has 4 aromatic rings. The highest BCUT2D eigenvalue weighted by Crippen LogP contribution is 2.39. The van der Waals surface area contributed by atoms with Crippen LogP contribution < -0.4 is 10.6 Å². The summed E-state index contributed by atoms with van der Waals surface area (Å²) in [5, 5.41) is 5.61. The van der Waals surface area contributed by atoms with Crippen molar-refractivity contribution in [3.63, 3.8) is 0 Å². The van der Waals surface area contributed by atoms with Crippen LogP contribution in [0.1, 0.15) is 29.9 Å². The smallest absolute Gasteiger partial charge is 0.262 e. The van der Waals surface area contributed by atoms with Crippen molar-refractivity contribution in [3.8, 4) is 11.3 Å². The standard InChI is InChI=1S/C25H24FN7O4S/c1-25(2,26)24(35)32-19-10-15(8-9-28-19)22-23(30-16-6-4-3-5-7-16)21-17(31-22)12-33(13-18(21)34)38(36,37)20-11-27-14-29-20/h3-11,14,30-31H,12-13H2,1-2H3,(H,27,29)(H,28,32,35). The lowest BCUT2D eigenvalue weighted by molar-refractivity contribution is -0.125. The number of carbonyl (C=O) groups excluding carboxylic acids is 2. The van der Waals surface area contributed by atoms with Gasteiger partial charge in [0.05, 0.1) is 42.6 Å². The van der Waals surface area contributed by atoms with Gasteiger partial charge in [-0.15, -0.1) is 0 Å². The topological polar surface area (TPSA) is 153 Å². The number of sulfonamides is 1. The van der Waals surface area contributed by atoms with E-state index in [0.717, 1.165) is 18.2 Å². The van der Waals surface area contributed by atoms with E-state index >= 15 is 0 Å². The maximum Gasteiger partial charge on any atom is 0.262 e. The van der Waals surface area contributed by atoms with Crippen LogP contribution in [0, 0.1) is 0 Å². The summed E-state index contributed by atoms with van der Waals surface area (Å²) in [5.41, 5.74) is 0.777. The minimum atomic E-state index is -3.99. The Morgan fingerprint density at radius 3 is 2.61 bits per heavy atom. The quantitative estimate of drug-likeness (QED) is 0.281. The molecule has 0 unspecified atom stereocenters. The molecule has 1 amide bonds. The number of rotatable bonds is 7. The third-order valence-electron chi connectivity index (χ3n) is 5.98. The SMILES string of the molecule is CC(C)(F)C(=O)Nc1cc(-c2[nH]c3c(c2Nc2ccccc2)C(=O)CN(S(=O)(=O)c2cnc[nH]2)C3)ccn1. The van der Waals surface area contributed by atoms with E-state index in [0.29, 0.717) is 33.9 Å². The van der Waals surface area contributed by atoms with E-state index in [2.05, 4.69) is 30.6 Å². The molecule has 4 N–H and O–H groups in total. The van der Waals surface area contributed by atoms with Gasteiger partial charge in [0, 0.05) is 23.1 Å². The first-order valence-corrected chi connectivity index (χ1v) is 13.0. The van der Waals surface area contributed by atoms with Crippen LogP contribution in [0.2, 0.25) is 0 Å². The number of nitrogens with zero attached hydrogens (tertiary/aromatic N) is 3. The monoisotopic (exact) mass is 537 g/mol. The molecule has 0 spiro atoms. The fourth-order valence-corrected chi connectivity index (χ4v) is 5.33. The molecule has 11 nitrogen and oxygen atoms in total. The number of aromatic nitrogens is 4. The van der Waals surface area contributed by atoms with Crippen LogP contribution in [-0.2, 0) is 21.4 Å². The Kier molecular flexibility index (Phi) is 6.33. The predicted molar refractivity (Wildman–Crippen MR) is 138 cm³/mol. The summed E-state index contributed by atoms with van der Waals surface area (Å²) in [7, 11) is -3.99. The maximum atomic E-state index is 14.1. The number of H-pyrrole nitrogens is 2. The number of Topliss-reactive ketones (excluding diaryl/α,β-unsaturated/α-hetero) is 1. The van der Waals surface area contributed by atoms with Crippen LogP contribution in [0.4, 0.5) is 21.6 Å². The number of benzene rings is 1. The second-order valence-electron chi connectivity index (χ2n) is 9.19. The number of aromatic amines is 2. The van der Waals surface area contributed by atoms with Gasteiger partial charge in [0.1, 0.15) is 5.82 Å². The van der Waals surface area contributed by atoms with Gasteiger partial charge < -0.3 is 20.6 Å². The highest BCUT2D eigenvalue weighted by Gasteiger charge is 2.37. The summed E-state index contributed by atoms with van der Waals surface area (Å²) >= 11 is 0. The van der Waals surface area contributed by atoms with E-state index in [4.69, 9.17) is 0 Å². The van der Waals surface area contributed by atoms with Gasteiger partial charge in [-0.1, -0.05) is 18.2 Å². The Labute approximate surface area is 217 Å². The number of imidazole rings is 1. The van der Waals surface area contributed by atoms with E-state index in [1.807, 2.05) is 30.3 Å². The van der Waals surface area contributed by atoms with Gasteiger partial charge in [0.2, 0.25) is 0 Å². The molecule has 0 atom stereocenters. The number of nitrogens with one attached hydrogen (secondary N) is 4. The number of para-hydroxylation sites is 1. The van der Waals surface area contributed by atoms with Crippen LogP contribution in [0.15, 0.2) is 66.2 Å². The lowest BCUT2D eigenvalue weighted by atomic mass is 10.0. The molecule has 1 aliphatic heterocycles. The minimum Gasteiger partial charge on any atom is -0.355 e. The Balaban J connectivity index is 1.58. The third kappa shape index (κ3) is 4.80. The average Bonchev–Trinajstić information content (AvgIpc) is 3.54. The van der Waals surface area contributed by atoms with Gasteiger partial charge in [-0.05, 0) is 38.1 Å². The van der Waals surface area contributed by atoms with Crippen LogP contribution in [-0.4, -0.2) is 56.6 Å². The lowest BCUT2D eigenvalue weighted by Gasteiger charge is -2.25. The van der Waals surface area contributed by atoms with E-state index in [1.54, 1.807) is 12.1 Å². The van der Waals surface area contributed by atoms with Gasteiger partial charge in [-0.3, -0.25) is 9.59 Å². The van der Waals surface area contributed by atoms with Crippen molar-refractivity contribution in [2.45, 2.75) is 31.1 Å².